The van der Waals surface area contributed by atoms with Crippen LogP contribution < -0.4 is 10.1 Å². The van der Waals surface area contributed by atoms with E-state index in [1.807, 2.05) is 47.3 Å². The average Bonchev–Trinajstić information content (AvgIpc) is 3.06. The molecule has 0 spiro atoms. The number of esters is 1. The fourth-order valence-corrected chi connectivity index (χ4v) is 4.21. The zero-order valence-corrected chi connectivity index (χ0v) is 18.2. The molecular weight excluding hydrogens is 380 g/mol. The molecule has 1 aromatic carbocycles. The maximum atomic E-state index is 13.1. The first kappa shape index (κ1) is 20.4. The Hall–Kier alpha value is -2.90. The van der Waals surface area contributed by atoms with E-state index < -0.39 is 0 Å². The third-order valence-corrected chi connectivity index (χ3v) is 5.36. The fraction of sp³-hybridized carbons (Fsp3) is 0.391. The third-order valence-electron chi connectivity index (χ3n) is 5.36. The van der Waals surface area contributed by atoms with Crippen LogP contribution in [0, 0.1) is 0 Å². The van der Waals surface area contributed by atoms with Crippen molar-refractivity contribution in [3.05, 3.63) is 47.4 Å². The van der Waals surface area contributed by atoms with Gasteiger partial charge in [0.15, 0.2) is 0 Å². The van der Waals surface area contributed by atoms with E-state index in [0.717, 1.165) is 33.2 Å². The Kier molecular flexibility index (Phi) is 5.49. The number of nitrogens with zero attached hydrogens (tertiary/aromatic N) is 3. The van der Waals surface area contributed by atoms with Gasteiger partial charge in [0, 0.05) is 66.4 Å². The van der Waals surface area contributed by atoms with Crippen LogP contribution in [0.1, 0.15) is 35.3 Å². The maximum Gasteiger partial charge on any atom is 0.342 e. The van der Waals surface area contributed by atoms with Gasteiger partial charge in [0.05, 0.1) is 12.1 Å². The normalized spacial score (nSPS) is 15.9. The van der Waals surface area contributed by atoms with Crippen LogP contribution in [0.15, 0.2) is 30.7 Å². The number of benzene rings is 1. The number of ether oxygens (including phenoxy) is 2. The van der Waals surface area contributed by atoms with Crippen LogP contribution in [0.3, 0.4) is 0 Å². The van der Waals surface area contributed by atoms with Gasteiger partial charge >= 0.3 is 5.97 Å². The van der Waals surface area contributed by atoms with Gasteiger partial charge in [0.1, 0.15) is 17.5 Å². The summed E-state index contributed by atoms with van der Waals surface area (Å²) in [6.45, 7) is 5.28. The molecule has 0 saturated heterocycles. The van der Waals surface area contributed by atoms with Gasteiger partial charge in [0.25, 0.3) is 0 Å². The van der Waals surface area contributed by atoms with Crippen LogP contribution in [0.2, 0.25) is 0 Å². The molecule has 1 N–H and O–H groups in total. The second-order valence-electron chi connectivity index (χ2n) is 7.88. The highest BCUT2D eigenvalue weighted by molar-refractivity contribution is 6.08. The molecule has 7 heteroatoms. The highest BCUT2D eigenvalue weighted by atomic mass is 16.5. The van der Waals surface area contributed by atoms with Gasteiger partial charge in [-0.05, 0) is 34.0 Å². The summed E-state index contributed by atoms with van der Waals surface area (Å²) in [5, 5.41) is 4.45. The van der Waals surface area contributed by atoms with Crippen LogP contribution in [-0.4, -0.2) is 47.4 Å². The molecule has 1 atom stereocenters. The molecule has 0 amide bonds. The molecule has 3 aromatic rings. The van der Waals surface area contributed by atoms with Crippen molar-refractivity contribution >= 4 is 16.9 Å². The lowest BCUT2D eigenvalue weighted by Crippen LogP contribution is -2.36. The summed E-state index contributed by atoms with van der Waals surface area (Å²) in [5.74, 6) is 0.283. The van der Waals surface area contributed by atoms with Gasteiger partial charge in [-0.1, -0.05) is 6.07 Å². The molecule has 158 valence electrons. The molecule has 1 aliphatic rings. The van der Waals surface area contributed by atoms with Gasteiger partial charge in [0.2, 0.25) is 0 Å². The van der Waals surface area contributed by atoms with Crippen LogP contribution >= 0.6 is 0 Å². The standard InChI is InChI=1S/C23H28N4O3/c1-6-29-23(28)20-18(12-26(3)4)21-19(16-11-25-14(2)30-22(16)20)17(13-27(21)5)15-8-7-9-24-10-15/h7-10,13-14,25H,6,11-12H2,1-5H3. The number of aryl methyl sites for hydroxylation is 1. The van der Waals surface area contributed by atoms with E-state index in [4.69, 9.17) is 9.47 Å². The lowest BCUT2D eigenvalue weighted by molar-refractivity contribution is 0.0513. The SMILES string of the molecule is CCOC(=O)c1c2c(c3c(-c4cccnc4)cn(C)c3c1CN(C)C)CNC(C)O2. The Morgan fingerprint density at radius 1 is 1.43 bits per heavy atom. The summed E-state index contributed by atoms with van der Waals surface area (Å²) in [7, 11) is 6.01. The second kappa shape index (κ2) is 8.08. The highest BCUT2D eigenvalue weighted by Crippen LogP contribution is 2.44. The lowest BCUT2D eigenvalue weighted by Gasteiger charge is -2.29. The predicted molar refractivity (Wildman–Crippen MR) is 116 cm³/mol. The number of nitrogens with one attached hydrogen (secondary N) is 1. The van der Waals surface area contributed by atoms with Gasteiger partial charge in [-0.15, -0.1) is 0 Å². The van der Waals surface area contributed by atoms with Crippen molar-refractivity contribution in [1.82, 2.24) is 19.8 Å². The molecular formula is C23H28N4O3. The van der Waals surface area contributed by atoms with Crippen LogP contribution in [0.25, 0.3) is 22.0 Å². The van der Waals surface area contributed by atoms with Crippen molar-refractivity contribution in [2.24, 2.45) is 7.05 Å². The fourth-order valence-electron chi connectivity index (χ4n) is 4.21. The van der Waals surface area contributed by atoms with Gasteiger partial charge in [-0.2, -0.15) is 0 Å². The molecule has 0 bridgehead atoms. The summed E-state index contributed by atoms with van der Waals surface area (Å²) in [6, 6.07) is 3.99. The van der Waals surface area contributed by atoms with E-state index >= 15 is 0 Å². The lowest BCUT2D eigenvalue weighted by atomic mass is 9.92. The molecule has 0 saturated carbocycles. The average molecular weight is 409 g/mol. The van der Waals surface area contributed by atoms with E-state index in [1.54, 1.807) is 6.20 Å². The summed E-state index contributed by atoms with van der Waals surface area (Å²) >= 11 is 0. The zero-order valence-electron chi connectivity index (χ0n) is 18.2. The number of rotatable bonds is 5. The Morgan fingerprint density at radius 2 is 2.23 bits per heavy atom. The van der Waals surface area contributed by atoms with Crippen molar-refractivity contribution in [3.8, 4) is 16.9 Å². The van der Waals surface area contributed by atoms with Crippen LogP contribution in [-0.2, 0) is 24.9 Å². The minimum Gasteiger partial charge on any atom is -0.474 e. The molecule has 30 heavy (non-hydrogen) atoms. The van der Waals surface area contributed by atoms with E-state index in [2.05, 4.69) is 32.0 Å². The number of aromatic nitrogens is 2. The number of hydrogen-bond donors (Lipinski definition) is 1. The Balaban J connectivity index is 2.12. The van der Waals surface area contributed by atoms with Crippen LogP contribution in [0.5, 0.6) is 5.75 Å². The number of hydrogen-bond acceptors (Lipinski definition) is 6. The first-order chi connectivity index (χ1) is 14.4. The summed E-state index contributed by atoms with van der Waals surface area (Å²) in [6.07, 6.45) is 5.55. The van der Waals surface area contributed by atoms with Crippen LogP contribution in [0.4, 0.5) is 0 Å². The number of pyridine rings is 1. The van der Waals surface area contributed by atoms with E-state index in [1.165, 1.54) is 0 Å². The Labute approximate surface area is 176 Å². The van der Waals surface area contributed by atoms with Crippen molar-refractivity contribution in [2.75, 3.05) is 20.7 Å². The van der Waals surface area contributed by atoms with Gasteiger partial charge < -0.3 is 18.9 Å². The summed E-state index contributed by atoms with van der Waals surface area (Å²) in [5.41, 5.74) is 5.55. The highest BCUT2D eigenvalue weighted by Gasteiger charge is 2.32. The number of carbonyl (C=O) groups is 1. The molecule has 2 aromatic heterocycles. The molecule has 0 radical (unpaired) electrons. The second-order valence-corrected chi connectivity index (χ2v) is 7.88. The van der Waals surface area contributed by atoms with Crippen molar-refractivity contribution in [2.45, 2.75) is 33.2 Å². The molecule has 0 fully saturated rings. The topological polar surface area (TPSA) is 68.6 Å². The predicted octanol–water partition coefficient (Wildman–Crippen LogP) is 3.31. The van der Waals surface area contributed by atoms with E-state index in [9.17, 15) is 4.79 Å². The molecule has 4 rings (SSSR count). The largest absolute Gasteiger partial charge is 0.474 e. The smallest absolute Gasteiger partial charge is 0.342 e. The number of fused-ring (bicyclic) bond motifs is 3. The van der Waals surface area contributed by atoms with Crippen molar-refractivity contribution < 1.29 is 14.3 Å². The Bertz CT molecular complexity index is 1090. The summed E-state index contributed by atoms with van der Waals surface area (Å²) < 4.78 is 13.8. The van der Waals surface area contributed by atoms with Gasteiger partial charge in [-0.25, -0.2) is 4.79 Å². The summed E-state index contributed by atoms with van der Waals surface area (Å²) in [4.78, 5) is 19.5. The van der Waals surface area contributed by atoms with Crippen molar-refractivity contribution in [3.63, 3.8) is 0 Å². The molecule has 1 unspecified atom stereocenters. The molecule has 0 aliphatic carbocycles. The molecule has 7 nitrogen and oxygen atoms in total. The number of carbonyl (C=O) groups excluding carboxylic acids is 1. The first-order valence-electron chi connectivity index (χ1n) is 10.2. The van der Waals surface area contributed by atoms with Crippen molar-refractivity contribution in [1.29, 1.82) is 0 Å². The zero-order chi connectivity index (χ0) is 21.4. The third kappa shape index (κ3) is 3.44. The molecule has 3 heterocycles. The quantitative estimate of drug-likeness (QED) is 0.654. The minimum absolute atomic E-state index is 0.194. The maximum absolute atomic E-state index is 13.1. The van der Waals surface area contributed by atoms with E-state index in [-0.39, 0.29) is 12.2 Å². The minimum atomic E-state index is -0.342. The van der Waals surface area contributed by atoms with E-state index in [0.29, 0.717) is 31.0 Å². The first-order valence-corrected chi connectivity index (χ1v) is 10.2. The molecule has 1 aliphatic heterocycles. The monoisotopic (exact) mass is 408 g/mol. The van der Waals surface area contributed by atoms with Gasteiger partial charge in [-0.3, -0.25) is 10.3 Å². The Morgan fingerprint density at radius 3 is 2.90 bits per heavy atom.